The zero-order chi connectivity index (χ0) is 10.6. The van der Waals surface area contributed by atoms with Gasteiger partial charge in [0.05, 0.1) is 24.0 Å². The molecule has 0 fully saturated rings. The first kappa shape index (κ1) is 11.1. The van der Waals surface area contributed by atoms with Gasteiger partial charge in [-0.1, -0.05) is 0 Å². The van der Waals surface area contributed by atoms with Crippen LogP contribution in [0.5, 0.6) is 0 Å². The summed E-state index contributed by atoms with van der Waals surface area (Å²) in [6, 6.07) is 0.286. The lowest BCUT2D eigenvalue weighted by molar-refractivity contribution is 0.162. The molecular weight excluding hydrogens is 178 g/mol. The monoisotopic (exact) mass is 195 g/mol. The van der Waals surface area contributed by atoms with Gasteiger partial charge >= 0.3 is 0 Å². The zero-order valence-corrected chi connectivity index (χ0v) is 8.86. The molecule has 1 aromatic heterocycles. The Labute approximate surface area is 84.4 Å². The van der Waals surface area contributed by atoms with Gasteiger partial charge < -0.3 is 10.4 Å². The van der Waals surface area contributed by atoms with E-state index in [4.69, 9.17) is 0 Å². The molecule has 0 saturated heterocycles. The highest BCUT2D eigenvalue weighted by atomic mass is 16.3. The Balaban J connectivity index is 2.90. The van der Waals surface area contributed by atoms with Crippen molar-refractivity contribution >= 4 is 0 Å². The molecular formula is C10H17N3O. The van der Waals surface area contributed by atoms with Crippen molar-refractivity contribution in [2.24, 2.45) is 0 Å². The van der Waals surface area contributed by atoms with Gasteiger partial charge in [0.15, 0.2) is 0 Å². The van der Waals surface area contributed by atoms with E-state index in [2.05, 4.69) is 15.3 Å². The van der Waals surface area contributed by atoms with E-state index in [1.54, 1.807) is 18.6 Å². The van der Waals surface area contributed by atoms with Crippen molar-refractivity contribution in [1.29, 1.82) is 0 Å². The van der Waals surface area contributed by atoms with Gasteiger partial charge in [0.25, 0.3) is 0 Å². The maximum atomic E-state index is 9.36. The van der Waals surface area contributed by atoms with Crippen LogP contribution in [0.25, 0.3) is 0 Å². The summed E-state index contributed by atoms with van der Waals surface area (Å²) >= 11 is 0. The third kappa shape index (κ3) is 2.49. The van der Waals surface area contributed by atoms with Crippen LogP contribution in [-0.2, 0) is 5.54 Å². The van der Waals surface area contributed by atoms with E-state index < -0.39 is 5.54 Å². The highest BCUT2D eigenvalue weighted by molar-refractivity contribution is 5.10. The first-order valence-corrected chi connectivity index (χ1v) is 4.73. The molecule has 1 heterocycles. The molecule has 1 rings (SSSR count). The number of rotatable bonds is 4. The van der Waals surface area contributed by atoms with Gasteiger partial charge in [-0.25, -0.2) is 0 Å². The molecule has 0 saturated carbocycles. The van der Waals surface area contributed by atoms with E-state index in [1.165, 1.54) is 0 Å². The predicted octanol–water partition coefficient (Wildman–Crippen LogP) is 0.682. The summed E-state index contributed by atoms with van der Waals surface area (Å²) in [4.78, 5) is 8.18. The van der Waals surface area contributed by atoms with Crippen molar-refractivity contribution in [2.45, 2.75) is 32.4 Å². The van der Waals surface area contributed by atoms with E-state index in [1.807, 2.05) is 20.8 Å². The Morgan fingerprint density at radius 3 is 2.64 bits per heavy atom. The normalized spacial score (nSPS) is 15.5. The summed E-state index contributed by atoms with van der Waals surface area (Å²) in [5.41, 5.74) is 0.249. The molecule has 4 nitrogen and oxygen atoms in total. The van der Waals surface area contributed by atoms with Gasteiger partial charge in [-0.05, 0) is 20.8 Å². The van der Waals surface area contributed by atoms with Crippen LogP contribution in [0.1, 0.15) is 26.5 Å². The molecule has 0 spiro atoms. The maximum Gasteiger partial charge on any atom is 0.0831 e. The molecule has 2 N–H and O–H groups in total. The van der Waals surface area contributed by atoms with Gasteiger partial charge in [-0.3, -0.25) is 9.97 Å². The third-order valence-electron chi connectivity index (χ3n) is 2.05. The number of nitrogens with one attached hydrogen (secondary N) is 1. The van der Waals surface area contributed by atoms with Crippen molar-refractivity contribution in [3.63, 3.8) is 0 Å². The van der Waals surface area contributed by atoms with Crippen molar-refractivity contribution < 1.29 is 5.11 Å². The van der Waals surface area contributed by atoms with Gasteiger partial charge in [-0.15, -0.1) is 0 Å². The van der Waals surface area contributed by atoms with Crippen LogP contribution in [0.2, 0.25) is 0 Å². The number of hydrogen-bond acceptors (Lipinski definition) is 4. The lowest BCUT2D eigenvalue weighted by Gasteiger charge is -2.30. The fourth-order valence-electron chi connectivity index (χ4n) is 1.42. The van der Waals surface area contributed by atoms with Gasteiger partial charge in [0.2, 0.25) is 0 Å². The predicted molar refractivity (Wildman–Crippen MR) is 54.7 cm³/mol. The summed E-state index contributed by atoms with van der Waals surface area (Å²) in [7, 11) is 0. The fourth-order valence-corrected chi connectivity index (χ4v) is 1.42. The highest BCUT2D eigenvalue weighted by Gasteiger charge is 2.27. The summed E-state index contributed by atoms with van der Waals surface area (Å²) < 4.78 is 0. The van der Waals surface area contributed by atoms with Crippen LogP contribution in [0.3, 0.4) is 0 Å². The largest absolute Gasteiger partial charge is 0.394 e. The Hall–Kier alpha value is -1.00. The molecule has 1 atom stereocenters. The minimum Gasteiger partial charge on any atom is -0.394 e. The Morgan fingerprint density at radius 2 is 2.21 bits per heavy atom. The molecule has 0 amide bonds. The van der Waals surface area contributed by atoms with E-state index in [9.17, 15) is 5.11 Å². The standard InChI is InChI=1S/C10H17N3O/c1-8(2)13-10(3,7-14)9-6-11-4-5-12-9/h4-6,8,13-14H,7H2,1-3H3. The van der Waals surface area contributed by atoms with E-state index in [0.29, 0.717) is 0 Å². The lowest BCUT2D eigenvalue weighted by Crippen LogP contribution is -2.47. The molecule has 14 heavy (non-hydrogen) atoms. The van der Waals surface area contributed by atoms with E-state index in [0.717, 1.165) is 5.69 Å². The fraction of sp³-hybridized carbons (Fsp3) is 0.600. The zero-order valence-electron chi connectivity index (χ0n) is 8.86. The van der Waals surface area contributed by atoms with Crippen LogP contribution in [0, 0.1) is 0 Å². The average molecular weight is 195 g/mol. The first-order chi connectivity index (χ1) is 6.58. The van der Waals surface area contributed by atoms with Crippen LogP contribution in [0.4, 0.5) is 0 Å². The van der Waals surface area contributed by atoms with Crippen LogP contribution >= 0.6 is 0 Å². The molecule has 78 valence electrons. The molecule has 1 aromatic rings. The molecule has 0 aromatic carbocycles. The second kappa shape index (κ2) is 4.48. The molecule has 0 bridgehead atoms. The maximum absolute atomic E-state index is 9.36. The molecule has 0 aliphatic rings. The smallest absolute Gasteiger partial charge is 0.0831 e. The summed E-state index contributed by atoms with van der Waals surface area (Å²) in [5, 5.41) is 12.6. The Morgan fingerprint density at radius 1 is 1.50 bits per heavy atom. The van der Waals surface area contributed by atoms with Crippen molar-refractivity contribution in [3.8, 4) is 0 Å². The van der Waals surface area contributed by atoms with E-state index >= 15 is 0 Å². The number of aliphatic hydroxyl groups excluding tert-OH is 1. The van der Waals surface area contributed by atoms with Crippen LogP contribution < -0.4 is 5.32 Å². The number of aromatic nitrogens is 2. The number of hydrogen-bond donors (Lipinski definition) is 2. The molecule has 4 heteroatoms. The van der Waals surface area contributed by atoms with Gasteiger partial charge in [0.1, 0.15) is 0 Å². The van der Waals surface area contributed by atoms with Gasteiger partial charge in [0, 0.05) is 18.4 Å². The topological polar surface area (TPSA) is 58.0 Å². The number of nitrogens with zero attached hydrogens (tertiary/aromatic N) is 2. The SMILES string of the molecule is CC(C)NC(C)(CO)c1cnccn1. The van der Waals surface area contributed by atoms with Crippen molar-refractivity contribution in [2.75, 3.05) is 6.61 Å². The molecule has 0 aliphatic heterocycles. The first-order valence-electron chi connectivity index (χ1n) is 4.73. The van der Waals surface area contributed by atoms with Crippen LogP contribution in [0.15, 0.2) is 18.6 Å². The van der Waals surface area contributed by atoms with Gasteiger partial charge in [-0.2, -0.15) is 0 Å². The Kier molecular flexibility index (Phi) is 3.55. The summed E-state index contributed by atoms with van der Waals surface area (Å²) in [6.45, 7) is 5.98. The van der Waals surface area contributed by atoms with Crippen molar-refractivity contribution in [3.05, 3.63) is 24.3 Å². The Bertz CT molecular complexity index is 276. The van der Waals surface area contributed by atoms with Crippen molar-refractivity contribution in [1.82, 2.24) is 15.3 Å². The molecule has 0 radical (unpaired) electrons. The van der Waals surface area contributed by atoms with Crippen LogP contribution in [-0.4, -0.2) is 27.7 Å². The quantitative estimate of drug-likeness (QED) is 0.742. The molecule has 0 aliphatic carbocycles. The summed E-state index contributed by atoms with van der Waals surface area (Å²) in [5.74, 6) is 0. The molecule has 1 unspecified atom stereocenters. The average Bonchev–Trinajstić information content (AvgIpc) is 2.18. The van der Waals surface area contributed by atoms with E-state index in [-0.39, 0.29) is 12.6 Å². The third-order valence-corrected chi connectivity index (χ3v) is 2.05. The second-order valence-corrected chi connectivity index (χ2v) is 3.88. The lowest BCUT2D eigenvalue weighted by atomic mass is 9.98. The minimum atomic E-state index is -0.511. The minimum absolute atomic E-state index is 0.00384. The highest BCUT2D eigenvalue weighted by Crippen LogP contribution is 2.17. The second-order valence-electron chi connectivity index (χ2n) is 3.88. The summed E-state index contributed by atoms with van der Waals surface area (Å²) in [6.07, 6.45) is 4.92. The number of aliphatic hydroxyl groups is 1.